The zero-order valence-electron chi connectivity index (χ0n) is 12.7. The average Bonchev–Trinajstić information content (AvgIpc) is 2.37. The molecule has 2 fully saturated rings. The van der Waals surface area contributed by atoms with Gasteiger partial charge in [0.1, 0.15) is 0 Å². The molecule has 0 radical (unpaired) electrons. The summed E-state index contributed by atoms with van der Waals surface area (Å²) in [5.41, 5.74) is 0. The molecule has 0 unspecified atom stereocenters. The highest BCUT2D eigenvalue weighted by Gasteiger charge is 2.41. The van der Waals surface area contributed by atoms with E-state index in [0.717, 1.165) is 39.0 Å². The number of hydrogen-bond donors (Lipinski definition) is 1. The molecule has 0 aliphatic carbocycles. The molecule has 7 heteroatoms. The molecule has 0 spiro atoms. The summed E-state index contributed by atoms with van der Waals surface area (Å²) < 4.78 is 28.4. The van der Waals surface area contributed by atoms with E-state index in [0.29, 0.717) is 32.2 Å². The first-order valence-electron chi connectivity index (χ1n) is 7.79. The van der Waals surface area contributed by atoms with E-state index in [9.17, 15) is 8.42 Å². The number of nitrogens with zero attached hydrogens (tertiary/aromatic N) is 3. The van der Waals surface area contributed by atoms with Gasteiger partial charge in [-0.25, -0.2) is 0 Å². The molecular formula is C13H28N4O2S. The lowest BCUT2D eigenvalue weighted by Gasteiger charge is -2.47. The van der Waals surface area contributed by atoms with Crippen LogP contribution in [0.5, 0.6) is 0 Å². The third-order valence-corrected chi connectivity index (χ3v) is 6.06. The van der Waals surface area contributed by atoms with Gasteiger partial charge in [-0.3, -0.25) is 4.90 Å². The van der Waals surface area contributed by atoms with Gasteiger partial charge in [-0.15, -0.1) is 0 Å². The van der Waals surface area contributed by atoms with Crippen LogP contribution in [0.25, 0.3) is 0 Å². The van der Waals surface area contributed by atoms with Crippen molar-refractivity contribution in [1.82, 2.24) is 18.8 Å². The predicted octanol–water partition coefficient (Wildman–Crippen LogP) is -0.0574. The molecule has 1 N–H and O–H groups in total. The Hall–Kier alpha value is -0.210. The summed E-state index contributed by atoms with van der Waals surface area (Å²) in [5, 5.41) is 3.33. The van der Waals surface area contributed by atoms with Gasteiger partial charge in [-0.1, -0.05) is 13.8 Å². The average molecular weight is 304 g/mol. The minimum Gasteiger partial charge on any atom is -0.314 e. The van der Waals surface area contributed by atoms with Crippen molar-refractivity contribution in [2.45, 2.75) is 32.7 Å². The third-order valence-electron chi connectivity index (χ3n) is 4.10. The van der Waals surface area contributed by atoms with Gasteiger partial charge in [0.15, 0.2) is 0 Å². The van der Waals surface area contributed by atoms with E-state index < -0.39 is 10.2 Å². The van der Waals surface area contributed by atoms with Crippen molar-refractivity contribution >= 4 is 10.2 Å². The molecule has 2 aliphatic rings. The predicted molar refractivity (Wildman–Crippen MR) is 80.9 cm³/mol. The molecule has 6 nitrogen and oxygen atoms in total. The number of hydrogen-bond acceptors (Lipinski definition) is 4. The van der Waals surface area contributed by atoms with Crippen LogP contribution in [0.4, 0.5) is 0 Å². The van der Waals surface area contributed by atoms with Crippen LogP contribution in [0.15, 0.2) is 0 Å². The van der Waals surface area contributed by atoms with Gasteiger partial charge >= 0.3 is 0 Å². The molecule has 0 aromatic carbocycles. The van der Waals surface area contributed by atoms with E-state index in [4.69, 9.17) is 0 Å². The van der Waals surface area contributed by atoms with Crippen molar-refractivity contribution in [2.24, 2.45) is 0 Å². The van der Waals surface area contributed by atoms with Crippen molar-refractivity contribution in [3.63, 3.8) is 0 Å². The first-order valence-corrected chi connectivity index (χ1v) is 9.19. The lowest BCUT2D eigenvalue weighted by atomic mass is 10.1. The summed E-state index contributed by atoms with van der Waals surface area (Å²) in [4.78, 5) is 2.41. The molecule has 0 bridgehead atoms. The summed E-state index contributed by atoms with van der Waals surface area (Å²) in [6.45, 7) is 10.7. The van der Waals surface area contributed by atoms with Gasteiger partial charge in [0.25, 0.3) is 10.2 Å². The lowest BCUT2D eigenvalue weighted by Crippen LogP contribution is -2.65. The molecule has 0 atom stereocenters. The van der Waals surface area contributed by atoms with Crippen molar-refractivity contribution in [3.05, 3.63) is 0 Å². The number of piperazine rings is 1. The van der Waals surface area contributed by atoms with E-state index in [1.165, 1.54) is 0 Å². The summed E-state index contributed by atoms with van der Waals surface area (Å²) in [5.74, 6) is 0. The Kier molecular flexibility index (Phi) is 5.80. The monoisotopic (exact) mass is 304 g/mol. The van der Waals surface area contributed by atoms with E-state index in [-0.39, 0.29) is 0 Å². The summed E-state index contributed by atoms with van der Waals surface area (Å²) in [6, 6.07) is 0.414. The highest BCUT2D eigenvalue weighted by molar-refractivity contribution is 7.86. The summed E-state index contributed by atoms with van der Waals surface area (Å²) in [7, 11) is -3.24. The van der Waals surface area contributed by atoms with E-state index in [2.05, 4.69) is 10.2 Å². The van der Waals surface area contributed by atoms with Crippen LogP contribution >= 0.6 is 0 Å². The van der Waals surface area contributed by atoms with Crippen LogP contribution in [0.2, 0.25) is 0 Å². The topological polar surface area (TPSA) is 55.9 Å². The molecule has 0 aromatic heterocycles. The Balaban J connectivity index is 1.88. The Morgan fingerprint density at radius 2 is 1.65 bits per heavy atom. The van der Waals surface area contributed by atoms with Crippen LogP contribution in [0.3, 0.4) is 0 Å². The molecule has 2 aliphatic heterocycles. The van der Waals surface area contributed by atoms with Crippen LogP contribution in [-0.4, -0.2) is 80.3 Å². The van der Waals surface area contributed by atoms with Gasteiger partial charge in [-0.2, -0.15) is 17.0 Å². The van der Waals surface area contributed by atoms with Crippen LogP contribution in [0.1, 0.15) is 26.7 Å². The van der Waals surface area contributed by atoms with Crippen LogP contribution in [-0.2, 0) is 10.2 Å². The zero-order chi connectivity index (χ0) is 14.6. The molecule has 0 aromatic rings. The van der Waals surface area contributed by atoms with E-state index >= 15 is 0 Å². The van der Waals surface area contributed by atoms with Gasteiger partial charge in [-0.05, 0) is 12.8 Å². The summed E-state index contributed by atoms with van der Waals surface area (Å²) in [6.07, 6.45) is 1.74. The molecule has 20 heavy (non-hydrogen) atoms. The minimum absolute atomic E-state index is 0.414. The van der Waals surface area contributed by atoms with Crippen LogP contribution in [0, 0.1) is 0 Å². The Morgan fingerprint density at radius 3 is 2.15 bits per heavy atom. The number of nitrogens with one attached hydrogen (secondary N) is 1. The standard InChI is InChI=1S/C13H28N4O2S/c1-3-7-16(8-4-2)20(18,19)17-11-13(12-17)15-9-5-14-6-10-15/h13-14H,3-12H2,1-2H3. The number of rotatable bonds is 7. The van der Waals surface area contributed by atoms with Gasteiger partial charge in [0.2, 0.25) is 0 Å². The van der Waals surface area contributed by atoms with Crippen LogP contribution < -0.4 is 5.32 Å². The van der Waals surface area contributed by atoms with Gasteiger partial charge in [0.05, 0.1) is 0 Å². The molecule has 118 valence electrons. The molecule has 2 heterocycles. The fourth-order valence-electron chi connectivity index (χ4n) is 2.89. The maximum absolute atomic E-state index is 12.5. The SMILES string of the molecule is CCCN(CCC)S(=O)(=O)N1CC(N2CCNCC2)C1. The molecule has 0 amide bonds. The van der Waals surface area contributed by atoms with Gasteiger partial charge in [0, 0.05) is 58.4 Å². The fraction of sp³-hybridized carbons (Fsp3) is 1.00. The maximum atomic E-state index is 12.5. The minimum atomic E-state index is -3.24. The van der Waals surface area contributed by atoms with Gasteiger partial charge < -0.3 is 5.32 Å². The third kappa shape index (κ3) is 3.51. The van der Waals surface area contributed by atoms with Crippen molar-refractivity contribution < 1.29 is 8.42 Å². The summed E-state index contributed by atoms with van der Waals surface area (Å²) >= 11 is 0. The van der Waals surface area contributed by atoms with E-state index in [1.807, 2.05) is 13.8 Å². The molecular weight excluding hydrogens is 276 g/mol. The first-order chi connectivity index (χ1) is 9.59. The zero-order valence-corrected chi connectivity index (χ0v) is 13.5. The largest absolute Gasteiger partial charge is 0.314 e. The highest BCUT2D eigenvalue weighted by atomic mass is 32.2. The highest BCUT2D eigenvalue weighted by Crippen LogP contribution is 2.22. The fourth-order valence-corrected chi connectivity index (χ4v) is 4.76. The smallest absolute Gasteiger partial charge is 0.282 e. The second-order valence-corrected chi connectivity index (χ2v) is 7.59. The molecule has 2 rings (SSSR count). The molecule has 0 saturated carbocycles. The molecule has 2 saturated heterocycles. The van der Waals surface area contributed by atoms with Crippen molar-refractivity contribution in [1.29, 1.82) is 0 Å². The van der Waals surface area contributed by atoms with Crippen molar-refractivity contribution in [3.8, 4) is 0 Å². The Bertz CT molecular complexity index is 383. The quantitative estimate of drug-likeness (QED) is 0.716. The second-order valence-electron chi connectivity index (χ2n) is 5.66. The second kappa shape index (κ2) is 7.17. The first kappa shape index (κ1) is 16.2. The maximum Gasteiger partial charge on any atom is 0.282 e. The van der Waals surface area contributed by atoms with E-state index in [1.54, 1.807) is 8.61 Å². The van der Waals surface area contributed by atoms with Crippen molar-refractivity contribution in [2.75, 3.05) is 52.4 Å². The Morgan fingerprint density at radius 1 is 1.10 bits per heavy atom. The Labute approximate surface area is 123 Å². The normalized spacial score (nSPS) is 23.1. The lowest BCUT2D eigenvalue weighted by molar-refractivity contribution is 0.0731.